The predicted octanol–water partition coefficient (Wildman–Crippen LogP) is 4.40. The zero-order valence-electron chi connectivity index (χ0n) is 16.3. The van der Waals surface area contributed by atoms with Crippen LogP contribution in [0.2, 0.25) is 0 Å². The van der Waals surface area contributed by atoms with Crippen molar-refractivity contribution in [2.75, 3.05) is 5.75 Å². The van der Waals surface area contributed by atoms with Crippen LogP contribution in [0.25, 0.3) is 11.1 Å². The third-order valence-electron chi connectivity index (χ3n) is 5.00. The fraction of sp³-hybridized carbons (Fsp3) is 0.273. The average Bonchev–Trinajstić information content (AvgIpc) is 3.08. The van der Waals surface area contributed by atoms with E-state index in [0.717, 1.165) is 44.3 Å². The van der Waals surface area contributed by atoms with Crippen molar-refractivity contribution >= 4 is 17.7 Å². The number of rotatable bonds is 6. The van der Waals surface area contributed by atoms with E-state index in [1.807, 2.05) is 32.0 Å². The number of carboxylic acid groups (broad SMARTS) is 1. The second-order valence-corrected chi connectivity index (χ2v) is 8.14. The molecule has 148 valence electrons. The second-order valence-electron chi connectivity index (χ2n) is 7.07. The highest BCUT2D eigenvalue weighted by molar-refractivity contribution is 7.99. The SMILES string of the molecule is Cc1ncnc(C)c1-c1cccc(COc2cc3c(cn2)C(CC(=O)O)CS3)c1. The molecule has 3 heterocycles. The summed E-state index contributed by atoms with van der Waals surface area (Å²) in [6.45, 7) is 4.36. The lowest BCUT2D eigenvalue weighted by molar-refractivity contribution is -0.137. The first-order chi connectivity index (χ1) is 14.0. The normalized spacial score (nSPS) is 15.2. The second kappa shape index (κ2) is 8.21. The van der Waals surface area contributed by atoms with E-state index >= 15 is 0 Å². The number of benzene rings is 1. The molecule has 7 heteroatoms. The molecular weight excluding hydrogens is 386 g/mol. The Morgan fingerprint density at radius 1 is 1.21 bits per heavy atom. The number of fused-ring (bicyclic) bond motifs is 1. The molecule has 1 unspecified atom stereocenters. The maximum absolute atomic E-state index is 11.0. The van der Waals surface area contributed by atoms with Crippen LogP contribution >= 0.6 is 11.8 Å². The van der Waals surface area contributed by atoms with Crippen molar-refractivity contribution < 1.29 is 14.6 Å². The minimum Gasteiger partial charge on any atom is -0.481 e. The fourth-order valence-electron chi connectivity index (χ4n) is 3.58. The van der Waals surface area contributed by atoms with E-state index in [2.05, 4.69) is 27.1 Å². The van der Waals surface area contributed by atoms with Gasteiger partial charge in [0, 0.05) is 45.8 Å². The number of hydrogen-bond donors (Lipinski definition) is 1. The quantitative estimate of drug-likeness (QED) is 0.648. The summed E-state index contributed by atoms with van der Waals surface area (Å²) in [4.78, 5) is 25.1. The summed E-state index contributed by atoms with van der Waals surface area (Å²) in [6.07, 6.45) is 3.47. The number of aromatic nitrogens is 3. The summed E-state index contributed by atoms with van der Waals surface area (Å²) >= 11 is 1.66. The van der Waals surface area contributed by atoms with Gasteiger partial charge in [0.2, 0.25) is 5.88 Å². The van der Waals surface area contributed by atoms with Gasteiger partial charge in [0.1, 0.15) is 12.9 Å². The van der Waals surface area contributed by atoms with Gasteiger partial charge < -0.3 is 9.84 Å². The number of carbonyl (C=O) groups is 1. The molecule has 0 aliphatic carbocycles. The zero-order chi connectivity index (χ0) is 20.4. The molecule has 6 nitrogen and oxygen atoms in total. The van der Waals surface area contributed by atoms with Gasteiger partial charge in [-0.3, -0.25) is 4.79 Å². The van der Waals surface area contributed by atoms with Crippen LogP contribution < -0.4 is 4.74 Å². The monoisotopic (exact) mass is 407 g/mol. The average molecular weight is 407 g/mol. The van der Waals surface area contributed by atoms with Crippen molar-refractivity contribution in [2.24, 2.45) is 0 Å². The lowest BCUT2D eigenvalue weighted by Crippen LogP contribution is -2.06. The maximum atomic E-state index is 11.0. The molecule has 0 saturated heterocycles. The van der Waals surface area contributed by atoms with Gasteiger partial charge in [0.15, 0.2) is 0 Å². The van der Waals surface area contributed by atoms with Crippen molar-refractivity contribution in [3.8, 4) is 17.0 Å². The Labute approximate surface area is 173 Å². The van der Waals surface area contributed by atoms with Gasteiger partial charge in [-0.15, -0.1) is 11.8 Å². The molecule has 1 aliphatic heterocycles. The maximum Gasteiger partial charge on any atom is 0.303 e. The molecule has 0 amide bonds. The molecule has 0 saturated carbocycles. The third kappa shape index (κ3) is 4.24. The largest absolute Gasteiger partial charge is 0.481 e. The number of aliphatic carboxylic acids is 1. The Balaban J connectivity index is 1.49. The lowest BCUT2D eigenvalue weighted by atomic mass is 10.00. The van der Waals surface area contributed by atoms with E-state index in [1.54, 1.807) is 24.3 Å². The molecule has 1 atom stereocenters. The predicted molar refractivity (Wildman–Crippen MR) is 111 cm³/mol. The van der Waals surface area contributed by atoms with Gasteiger partial charge >= 0.3 is 5.97 Å². The molecule has 29 heavy (non-hydrogen) atoms. The van der Waals surface area contributed by atoms with Crippen LogP contribution in [0.15, 0.2) is 47.8 Å². The Morgan fingerprint density at radius 2 is 2.00 bits per heavy atom. The third-order valence-corrected chi connectivity index (χ3v) is 6.23. The topological polar surface area (TPSA) is 85.2 Å². The fourth-order valence-corrected chi connectivity index (χ4v) is 4.83. The van der Waals surface area contributed by atoms with Crippen molar-refractivity contribution in [1.29, 1.82) is 0 Å². The minimum absolute atomic E-state index is 0.0188. The van der Waals surface area contributed by atoms with Crippen LogP contribution in [-0.4, -0.2) is 31.8 Å². The molecule has 0 spiro atoms. The first-order valence-corrected chi connectivity index (χ1v) is 10.3. The summed E-state index contributed by atoms with van der Waals surface area (Å²) < 4.78 is 5.91. The Morgan fingerprint density at radius 3 is 2.76 bits per heavy atom. The molecule has 1 N–H and O–H groups in total. The van der Waals surface area contributed by atoms with Gasteiger partial charge in [-0.2, -0.15) is 0 Å². The highest BCUT2D eigenvalue weighted by atomic mass is 32.2. The van der Waals surface area contributed by atoms with E-state index in [4.69, 9.17) is 9.84 Å². The Bertz CT molecular complexity index is 1050. The van der Waals surface area contributed by atoms with Crippen LogP contribution in [0.3, 0.4) is 0 Å². The van der Waals surface area contributed by atoms with Crippen LogP contribution in [0.5, 0.6) is 5.88 Å². The van der Waals surface area contributed by atoms with E-state index < -0.39 is 5.97 Å². The van der Waals surface area contributed by atoms with Gasteiger partial charge in [-0.1, -0.05) is 18.2 Å². The summed E-state index contributed by atoms with van der Waals surface area (Å²) in [5, 5.41) is 9.04. The molecular formula is C22H21N3O3S. The molecule has 1 aromatic carbocycles. The first kappa shape index (κ1) is 19.4. The molecule has 0 radical (unpaired) electrons. The van der Waals surface area contributed by atoms with Crippen LogP contribution in [0, 0.1) is 13.8 Å². The number of nitrogens with zero attached hydrogens (tertiary/aromatic N) is 3. The smallest absolute Gasteiger partial charge is 0.303 e. The number of thioether (sulfide) groups is 1. The summed E-state index contributed by atoms with van der Waals surface area (Å²) in [6, 6.07) is 10.1. The van der Waals surface area contributed by atoms with Crippen molar-refractivity contribution in [3.63, 3.8) is 0 Å². The van der Waals surface area contributed by atoms with Gasteiger partial charge in [0.05, 0.1) is 6.42 Å². The van der Waals surface area contributed by atoms with Gasteiger partial charge in [0.25, 0.3) is 0 Å². The van der Waals surface area contributed by atoms with E-state index in [1.165, 1.54) is 0 Å². The van der Waals surface area contributed by atoms with E-state index in [9.17, 15) is 4.79 Å². The zero-order valence-corrected chi connectivity index (χ0v) is 17.1. The Hall–Kier alpha value is -2.93. The van der Waals surface area contributed by atoms with Crippen molar-refractivity contribution in [3.05, 3.63) is 65.4 Å². The van der Waals surface area contributed by atoms with Crippen LogP contribution in [-0.2, 0) is 11.4 Å². The number of aryl methyl sites for hydroxylation is 2. The summed E-state index contributed by atoms with van der Waals surface area (Å²) in [5.41, 5.74) is 6.04. The van der Waals surface area contributed by atoms with E-state index in [-0.39, 0.29) is 12.3 Å². The Kier molecular flexibility index (Phi) is 5.49. The van der Waals surface area contributed by atoms with Gasteiger partial charge in [-0.05, 0) is 36.6 Å². The number of pyridine rings is 1. The van der Waals surface area contributed by atoms with E-state index in [0.29, 0.717) is 12.5 Å². The van der Waals surface area contributed by atoms with Crippen LogP contribution in [0.4, 0.5) is 0 Å². The number of hydrogen-bond acceptors (Lipinski definition) is 6. The summed E-state index contributed by atoms with van der Waals surface area (Å²) in [7, 11) is 0. The first-order valence-electron chi connectivity index (χ1n) is 9.36. The minimum atomic E-state index is -0.780. The molecule has 0 fully saturated rings. The number of ether oxygens (including phenoxy) is 1. The molecule has 1 aliphatic rings. The highest BCUT2D eigenvalue weighted by Crippen LogP contribution is 2.42. The van der Waals surface area contributed by atoms with Crippen molar-refractivity contribution in [1.82, 2.24) is 15.0 Å². The summed E-state index contributed by atoms with van der Waals surface area (Å²) in [5.74, 6) is 0.559. The standard InChI is InChI=1S/C22H21N3O3S/c1-13-22(14(2)25-12-24-13)16-5-3-4-15(6-16)10-28-20-8-19-18(9-23-20)17(11-29-19)7-21(26)27/h3-6,8-9,12,17H,7,10-11H2,1-2H3,(H,26,27). The molecule has 3 aromatic rings. The molecule has 4 rings (SSSR count). The van der Waals surface area contributed by atoms with Crippen molar-refractivity contribution in [2.45, 2.75) is 37.7 Å². The van der Waals surface area contributed by atoms with Crippen LogP contribution in [0.1, 0.15) is 34.9 Å². The highest BCUT2D eigenvalue weighted by Gasteiger charge is 2.26. The molecule has 0 bridgehead atoms. The lowest BCUT2D eigenvalue weighted by Gasteiger charge is -2.11. The van der Waals surface area contributed by atoms with Gasteiger partial charge in [-0.25, -0.2) is 15.0 Å². The molecule has 2 aromatic heterocycles. The number of carboxylic acids is 1.